The van der Waals surface area contributed by atoms with Crippen molar-refractivity contribution < 1.29 is 9.59 Å². The predicted molar refractivity (Wildman–Crippen MR) is 103 cm³/mol. The van der Waals surface area contributed by atoms with Gasteiger partial charge < -0.3 is 9.80 Å². The van der Waals surface area contributed by atoms with Gasteiger partial charge in [-0.1, -0.05) is 60.2 Å². The van der Waals surface area contributed by atoms with Crippen LogP contribution >= 0.6 is 0 Å². The molecule has 4 nitrogen and oxygen atoms in total. The molecular formula is C22H26N2O2. The highest BCUT2D eigenvalue weighted by molar-refractivity contribution is 5.98. The summed E-state index contributed by atoms with van der Waals surface area (Å²) in [7, 11) is 2.08. The van der Waals surface area contributed by atoms with Gasteiger partial charge in [0.15, 0.2) is 5.78 Å². The summed E-state index contributed by atoms with van der Waals surface area (Å²) in [5.74, 6) is 0.0937. The van der Waals surface area contributed by atoms with Gasteiger partial charge in [-0.05, 0) is 19.5 Å². The molecule has 0 N–H and O–H groups in total. The molecule has 0 aromatic heterocycles. The first kappa shape index (κ1) is 18.3. The number of amides is 1. The van der Waals surface area contributed by atoms with E-state index in [-0.39, 0.29) is 30.6 Å². The average Bonchev–Trinajstić information content (AvgIpc) is 2.67. The van der Waals surface area contributed by atoms with Crippen LogP contribution in [0.2, 0.25) is 0 Å². The summed E-state index contributed by atoms with van der Waals surface area (Å²) in [6, 6.07) is 17.7. The Morgan fingerprint density at radius 1 is 0.962 bits per heavy atom. The third-order valence-corrected chi connectivity index (χ3v) is 5.03. The minimum absolute atomic E-state index is 0.0312. The van der Waals surface area contributed by atoms with Crippen molar-refractivity contribution in [1.29, 1.82) is 0 Å². The van der Waals surface area contributed by atoms with E-state index in [1.807, 2.05) is 54.3 Å². The van der Waals surface area contributed by atoms with Crippen molar-refractivity contribution in [3.05, 3.63) is 71.3 Å². The maximum Gasteiger partial charge on any atom is 0.223 e. The molecule has 2 aromatic rings. The molecule has 1 aliphatic rings. The van der Waals surface area contributed by atoms with Crippen molar-refractivity contribution >= 4 is 11.7 Å². The number of aryl methyl sites for hydroxylation is 1. The highest BCUT2D eigenvalue weighted by Gasteiger charge is 2.30. The Kier molecular flexibility index (Phi) is 5.84. The minimum Gasteiger partial charge on any atom is -0.333 e. The Morgan fingerprint density at radius 3 is 2.35 bits per heavy atom. The average molecular weight is 350 g/mol. The fraction of sp³-hybridized carbons (Fsp3) is 0.364. The standard InChI is InChI=1S/C22H26N2O2/c1-17-8-10-19(11-9-17)21(25)12-13-22(26)24-15-14-23(2)16-20(24)18-6-4-3-5-7-18/h3-11,20H,12-16H2,1-2H3. The number of Topliss-reactive ketones (excluding diaryl/α,β-unsaturated/α-hetero) is 1. The van der Waals surface area contributed by atoms with Crippen molar-refractivity contribution in [3.8, 4) is 0 Å². The van der Waals surface area contributed by atoms with Gasteiger partial charge in [-0.15, -0.1) is 0 Å². The summed E-state index contributed by atoms with van der Waals surface area (Å²) >= 11 is 0. The van der Waals surface area contributed by atoms with Crippen molar-refractivity contribution in [2.75, 3.05) is 26.7 Å². The predicted octanol–water partition coefficient (Wildman–Crippen LogP) is 3.47. The largest absolute Gasteiger partial charge is 0.333 e. The molecular weight excluding hydrogens is 324 g/mol. The van der Waals surface area contributed by atoms with Gasteiger partial charge in [-0.2, -0.15) is 0 Å². The smallest absolute Gasteiger partial charge is 0.223 e. The molecule has 2 aromatic carbocycles. The lowest BCUT2D eigenvalue weighted by Gasteiger charge is -2.40. The highest BCUT2D eigenvalue weighted by Crippen LogP contribution is 2.26. The number of rotatable bonds is 5. The van der Waals surface area contributed by atoms with E-state index >= 15 is 0 Å². The fourth-order valence-electron chi connectivity index (χ4n) is 3.43. The van der Waals surface area contributed by atoms with Crippen LogP contribution in [0.15, 0.2) is 54.6 Å². The number of benzene rings is 2. The molecule has 1 saturated heterocycles. The topological polar surface area (TPSA) is 40.6 Å². The second kappa shape index (κ2) is 8.28. The summed E-state index contributed by atoms with van der Waals surface area (Å²) in [5.41, 5.74) is 2.96. The van der Waals surface area contributed by atoms with E-state index in [1.165, 1.54) is 0 Å². The zero-order valence-electron chi connectivity index (χ0n) is 15.5. The molecule has 1 aliphatic heterocycles. The van der Waals surface area contributed by atoms with Crippen LogP contribution in [-0.2, 0) is 4.79 Å². The molecule has 0 spiro atoms. The molecule has 1 heterocycles. The zero-order valence-corrected chi connectivity index (χ0v) is 15.5. The minimum atomic E-state index is 0.0312. The van der Waals surface area contributed by atoms with Crippen LogP contribution in [0.3, 0.4) is 0 Å². The number of ketones is 1. The SMILES string of the molecule is Cc1ccc(C(=O)CCC(=O)N2CCN(C)CC2c2ccccc2)cc1. The van der Waals surface area contributed by atoms with Gasteiger partial charge in [-0.25, -0.2) is 0 Å². The molecule has 0 saturated carbocycles. The van der Waals surface area contributed by atoms with Crippen LogP contribution in [0.25, 0.3) is 0 Å². The summed E-state index contributed by atoms with van der Waals surface area (Å²) in [6.07, 6.45) is 0.523. The van der Waals surface area contributed by atoms with E-state index in [1.54, 1.807) is 0 Å². The Balaban J connectivity index is 1.65. The van der Waals surface area contributed by atoms with Crippen LogP contribution in [0.4, 0.5) is 0 Å². The molecule has 1 atom stereocenters. The van der Waals surface area contributed by atoms with Crippen LogP contribution in [0.1, 0.15) is 40.4 Å². The fourth-order valence-corrected chi connectivity index (χ4v) is 3.43. The second-order valence-corrected chi connectivity index (χ2v) is 7.07. The summed E-state index contributed by atoms with van der Waals surface area (Å²) < 4.78 is 0. The molecule has 0 bridgehead atoms. The van der Waals surface area contributed by atoms with Crippen molar-refractivity contribution in [2.24, 2.45) is 0 Å². The second-order valence-electron chi connectivity index (χ2n) is 7.07. The van der Waals surface area contributed by atoms with E-state index in [4.69, 9.17) is 0 Å². The number of piperazine rings is 1. The first-order valence-electron chi connectivity index (χ1n) is 9.17. The maximum absolute atomic E-state index is 12.8. The van der Waals surface area contributed by atoms with Gasteiger partial charge in [0.2, 0.25) is 5.91 Å². The molecule has 1 fully saturated rings. The summed E-state index contributed by atoms with van der Waals surface area (Å²) in [4.78, 5) is 29.4. The molecule has 0 aliphatic carbocycles. The Hall–Kier alpha value is -2.46. The van der Waals surface area contributed by atoms with E-state index in [2.05, 4.69) is 24.1 Å². The molecule has 0 radical (unpaired) electrons. The van der Waals surface area contributed by atoms with Crippen LogP contribution in [-0.4, -0.2) is 48.2 Å². The van der Waals surface area contributed by atoms with Gasteiger partial charge in [0.1, 0.15) is 0 Å². The highest BCUT2D eigenvalue weighted by atomic mass is 16.2. The van der Waals surface area contributed by atoms with Crippen LogP contribution < -0.4 is 0 Å². The van der Waals surface area contributed by atoms with E-state index < -0.39 is 0 Å². The van der Waals surface area contributed by atoms with Gasteiger partial charge in [-0.3, -0.25) is 9.59 Å². The first-order valence-corrected chi connectivity index (χ1v) is 9.17. The van der Waals surface area contributed by atoms with E-state index in [9.17, 15) is 9.59 Å². The molecule has 136 valence electrons. The molecule has 3 rings (SSSR count). The van der Waals surface area contributed by atoms with Gasteiger partial charge in [0, 0.05) is 38.0 Å². The summed E-state index contributed by atoms with van der Waals surface area (Å²) in [6.45, 7) is 4.38. The third kappa shape index (κ3) is 4.38. The van der Waals surface area contributed by atoms with Crippen molar-refractivity contribution in [3.63, 3.8) is 0 Å². The van der Waals surface area contributed by atoms with Crippen molar-refractivity contribution in [2.45, 2.75) is 25.8 Å². The molecule has 1 unspecified atom stereocenters. The quantitative estimate of drug-likeness (QED) is 0.775. The maximum atomic E-state index is 12.8. The van der Waals surface area contributed by atoms with E-state index in [0.717, 1.165) is 24.2 Å². The molecule has 4 heteroatoms. The number of carbonyl (C=O) groups is 2. The third-order valence-electron chi connectivity index (χ3n) is 5.03. The van der Waals surface area contributed by atoms with Gasteiger partial charge in [0.05, 0.1) is 6.04 Å². The number of carbonyl (C=O) groups excluding carboxylic acids is 2. The van der Waals surface area contributed by atoms with Gasteiger partial charge >= 0.3 is 0 Å². The lowest BCUT2D eigenvalue weighted by Crippen LogP contribution is -2.49. The molecule has 1 amide bonds. The number of nitrogens with zero attached hydrogens (tertiary/aromatic N) is 2. The first-order chi connectivity index (χ1) is 12.5. The van der Waals surface area contributed by atoms with Gasteiger partial charge in [0.25, 0.3) is 0 Å². The number of likely N-dealkylation sites (N-methyl/N-ethyl adjacent to an activating group) is 1. The normalized spacial score (nSPS) is 17.9. The van der Waals surface area contributed by atoms with Crippen LogP contribution in [0, 0.1) is 6.92 Å². The zero-order chi connectivity index (χ0) is 18.5. The Morgan fingerprint density at radius 2 is 1.65 bits per heavy atom. The van der Waals surface area contributed by atoms with Crippen LogP contribution in [0.5, 0.6) is 0 Å². The summed E-state index contributed by atoms with van der Waals surface area (Å²) in [5, 5.41) is 0. The lowest BCUT2D eigenvalue weighted by molar-refractivity contribution is -0.136. The lowest BCUT2D eigenvalue weighted by atomic mass is 10.0. The Labute approximate surface area is 155 Å². The number of hydrogen-bond acceptors (Lipinski definition) is 3. The molecule has 26 heavy (non-hydrogen) atoms. The monoisotopic (exact) mass is 350 g/mol. The Bertz CT molecular complexity index is 755. The number of hydrogen-bond donors (Lipinski definition) is 0. The van der Waals surface area contributed by atoms with E-state index in [0.29, 0.717) is 12.1 Å². The van der Waals surface area contributed by atoms with Crippen molar-refractivity contribution in [1.82, 2.24) is 9.80 Å².